The Morgan fingerprint density at radius 3 is 0.923 bits per heavy atom. The zero-order valence-electron chi connectivity index (χ0n) is 32.2. The molecule has 250 valence electrons. The molecule has 2 heteroatoms. The smallest absolute Gasteiger partial charge is 0.0628 e. The number of hydrogen-bond donors (Lipinski definition) is 0. The zero-order chi connectivity index (χ0) is 36.1. The molecule has 10 rings (SSSR count). The minimum Gasteiger partial charge on any atom is -0.0628 e. The fraction of sp³-hybridized carbons (Fsp3) is 0.200. The summed E-state index contributed by atoms with van der Waals surface area (Å²) in [7, 11) is 0. The lowest BCUT2D eigenvalue weighted by molar-refractivity contribution is 1.35. The SMILES string of the molecule is Cc1cc(C)c(B2c3c(C)cc(C)cc3-c3cc4ccc5c6c(cc7ccc(c32)c4c75)-c2cc(C)cc(C)c2B6c2c(C)cc(C)cc2C)c(C)c1. The van der Waals surface area contributed by atoms with Gasteiger partial charge in [-0.25, -0.2) is 0 Å². The van der Waals surface area contributed by atoms with Crippen LogP contribution < -0.4 is 32.8 Å². The van der Waals surface area contributed by atoms with Crippen LogP contribution in [-0.2, 0) is 0 Å². The van der Waals surface area contributed by atoms with Crippen molar-refractivity contribution in [3.63, 3.8) is 0 Å². The highest BCUT2D eigenvalue weighted by Crippen LogP contribution is 2.41. The van der Waals surface area contributed by atoms with Gasteiger partial charge in [0.05, 0.1) is 0 Å². The third-order valence-electron chi connectivity index (χ3n) is 12.8. The van der Waals surface area contributed by atoms with E-state index in [-0.39, 0.29) is 13.4 Å². The van der Waals surface area contributed by atoms with Gasteiger partial charge in [0.2, 0.25) is 13.4 Å². The molecule has 0 saturated carbocycles. The van der Waals surface area contributed by atoms with Gasteiger partial charge in [-0.2, -0.15) is 0 Å². The maximum absolute atomic E-state index is 2.54. The van der Waals surface area contributed by atoms with Gasteiger partial charge in [0.1, 0.15) is 0 Å². The van der Waals surface area contributed by atoms with Gasteiger partial charge < -0.3 is 0 Å². The zero-order valence-corrected chi connectivity index (χ0v) is 32.2. The van der Waals surface area contributed by atoms with Crippen molar-refractivity contribution >= 4 is 78.5 Å². The summed E-state index contributed by atoms with van der Waals surface area (Å²) in [5.41, 5.74) is 28.2. The number of hydrogen-bond acceptors (Lipinski definition) is 0. The highest BCUT2D eigenvalue weighted by Gasteiger charge is 2.41. The van der Waals surface area contributed by atoms with Crippen LogP contribution in [0, 0.1) is 69.2 Å². The highest BCUT2D eigenvalue weighted by molar-refractivity contribution is 7.02. The molecule has 2 aliphatic rings. The van der Waals surface area contributed by atoms with Crippen LogP contribution in [0.3, 0.4) is 0 Å². The third-order valence-corrected chi connectivity index (χ3v) is 12.8. The molecule has 0 saturated heterocycles. The van der Waals surface area contributed by atoms with E-state index in [1.165, 1.54) is 143 Å². The topological polar surface area (TPSA) is 0 Å². The van der Waals surface area contributed by atoms with E-state index in [9.17, 15) is 0 Å². The molecule has 0 aliphatic carbocycles. The van der Waals surface area contributed by atoms with E-state index < -0.39 is 0 Å². The van der Waals surface area contributed by atoms with Crippen molar-refractivity contribution in [2.45, 2.75) is 69.2 Å². The van der Waals surface area contributed by atoms with Crippen molar-refractivity contribution in [2.24, 2.45) is 0 Å². The Morgan fingerprint density at radius 2 is 0.577 bits per heavy atom. The van der Waals surface area contributed by atoms with Crippen molar-refractivity contribution in [2.75, 3.05) is 0 Å². The van der Waals surface area contributed by atoms with Gasteiger partial charge in [-0.15, -0.1) is 0 Å². The molecular formula is C50H44B2. The number of fused-ring (bicyclic) bond motifs is 8. The molecule has 0 aromatic heterocycles. The summed E-state index contributed by atoms with van der Waals surface area (Å²) in [5.74, 6) is 0. The first-order chi connectivity index (χ1) is 24.9. The van der Waals surface area contributed by atoms with Crippen molar-refractivity contribution in [3.8, 4) is 22.3 Å². The molecule has 0 bridgehead atoms. The van der Waals surface area contributed by atoms with Crippen molar-refractivity contribution < 1.29 is 0 Å². The first-order valence-corrected chi connectivity index (χ1v) is 19.1. The minimum atomic E-state index is 0.196. The Kier molecular flexibility index (Phi) is 6.53. The van der Waals surface area contributed by atoms with Crippen LogP contribution in [0.25, 0.3) is 54.6 Å². The van der Waals surface area contributed by atoms with Crippen LogP contribution in [0.2, 0.25) is 0 Å². The van der Waals surface area contributed by atoms with Gasteiger partial charge in [0.15, 0.2) is 0 Å². The molecular weight excluding hydrogens is 622 g/mol. The second-order valence-electron chi connectivity index (χ2n) is 16.7. The summed E-state index contributed by atoms with van der Waals surface area (Å²) in [5, 5.41) is 8.35. The molecule has 52 heavy (non-hydrogen) atoms. The maximum Gasteiger partial charge on any atom is 0.244 e. The van der Waals surface area contributed by atoms with Crippen LogP contribution in [0.4, 0.5) is 0 Å². The van der Waals surface area contributed by atoms with Crippen LogP contribution >= 0.6 is 0 Å². The number of aryl methyl sites for hydroxylation is 10. The van der Waals surface area contributed by atoms with Crippen LogP contribution in [-0.4, -0.2) is 13.4 Å². The first kappa shape index (κ1) is 31.6. The second-order valence-corrected chi connectivity index (χ2v) is 16.7. The molecule has 8 aromatic rings. The Balaban J connectivity index is 1.35. The predicted molar refractivity (Wildman–Crippen MR) is 231 cm³/mol. The van der Waals surface area contributed by atoms with E-state index in [0.717, 1.165) is 0 Å². The third kappa shape index (κ3) is 4.13. The molecule has 0 amide bonds. The van der Waals surface area contributed by atoms with Crippen LogP contribution in [0.15, 0.2) is 84.9 Å². The summed E-state index contributed by atoms with van der Waals surface area (Å²) < 4.78 is 0. The van der Waals surface area contributed by atoms with Gasteiger partial charge in [-0.3, -0.25) is 0 Å². The van der Waals surface area contributed by atoms with Crippen LogP contribution in [0.5, 0.6) is 0 Å². The summed E-state index contributed by atoms with van der Waals surface area (Å²) in [4.78, 5) is 0. The molecule has 0 fully saturated rings. The quantitative estimate of drug-likeness (QED) is 0.128. The highest BCUT2D eigenvalue weighted by atomic mass is 14.3. The summed E-state index contributed by atoms with van der Waals surface area (Å²) in [6, 6.07) is 34.1. The summed E-state index contributed by atoms with van der Waals surface area (Å²) in [6.07, 6.45) is 0. The molecule has 0 nitrogen and oxygen atoms in total. The lowest BCUT2D eigenvalue weighted by atomic mass is 9.36. The van der Waals surface area contributed by atoms with E-state index >= 15 is 0 Å². The van der Waals surface area contributed by atoms with E-state index in [2.05, 4.69) is 154 Å². The molecule has 0 spiro atoms. The average Bonchev–Trinajstić information content (AvgIpc) is 3.55. The molecule has 2 heterocycles. The number of rotatable bonds is 2. The fourth-order valence-corrected chi connectivity index (χ4v) is 11.4. The first-order valence-electron chi connectivity index (χ1n) is 19.1. The normalized spacial score (nSPS) is 13.1. The predicted octanol–water partition coefficient (Wildman–Crippen LogP) is 8.66. The van der Waals surface area contributed by atoms with E-state index in [4.69, 9.17) is 0 Å². The van der Waals surface area contributed by atoms with E-state index in [1.807, 2.05) is 0 Å². The summed E-state index contributed by atoms with van der Waals surface area (Å²) in [6.45, 7) is 23.3. The van der Waals surface area contributed by atoms with Crippen molar-refractivity contribution in [3.05, 3.63) is 141 Å². The minimum absolute atomic E-state index is 0.196. The molecule has 0 N–H and O–H groups in total. The van der Waals surface area contributed by atoms with Gasteiger partial charge in [-0.05, 0) is 136 Å². The summed E-state index contributed by atoms with van der Waals surface area (Å²) >= 11 is 0. The monoisotopic (exact) mass is 666 g/mol. The van der Waals surface area contributed by atoms with E-state index in [0.29, 0.717) is 0 Å². The lowest BCUT2D eigenvalue weighted by Crippen LogP contribution is -2.52. The fourth-order valence-electron chi connectivity index (χ4n) is 11.4. The van der Waals surface area contributed by atoms with Gasteiger partial charge in [0.25, 0.3) is 0 Å². The molecule has 2 aliphatic heterocycles. The average molecular weight is 667 g/mol. The maximum atomic E-state index is 2.54. The van der Waals surface area contributed by atoms with E-state index in [1.54, 1.807) is 0 Å². The molecule has 0 atom stereocenters. The largest absolute Gasteiger partial charge is 0.244 e. The Bertz CT molecular complexity index is 2660. The molecule has 8 aromatic carbocycles. The Hall–Kier alpha value is -5.07. The lowest BCUT2D eigenvalue weighted by Gasteiger charge is -2.23. The molecule has 0 unspecified atom stereocenters. The second kappa shape index (κ2) is 10.7. The number of benzene rings is 8. The Morgan fingerprint density at radius 1 is 0.288 bits per heavy atom. The van der Waals surface area contributed by atoms with Gasteiger partial charge in [-0.1, -0.05) is 161 Å². The Labute approximate surface area is 309 Å². The standard InChI is InChI=1S/C50H44B2/c1-25-15-29(5)45(30(6)16-25)51-47-33(9)19-27(3)21-39(47)41-23-35-12-14-38-44-36(11-13-37(43(35)44)49(41)51)24-42-40-22-28(4)20-34(10)48(40)52(50(38)42)46-31(7)17-26(2)18-32(46)8/h11-24H,1-10H3. The van der Waals surface area contributed by atoms with Gasteiger partial charge >= 0.3 is 0 Å². The van der Waals surface area contributed by atoms with Gasteiger partial charge in [0, 0.05) is 0 Å². The molecule has 0 radical (unpaired) electrons. The van der Waals surface area contributed by atoms with Crippen LogP contribution in [0.1, 0.15) is 55.6 Å². The van der Waals surface area contributed by atoms with Crippen molar-refractivity contribution in [1.82, 2.24) is 0 Å². The van der Waals surface area contributed by atoms with Crippen molar-refractivity contribution in [1.29, 1.82) is 0 Å².